The van der Waals surface area contributed by atoms with Crippen LogP contribution in [0.4, 0.5) is 5.69 Å². The van der Waals surface area contributed by atoms with Crippen LogP contribution in [0.15, 0.2) is 29.8 Å². The van der Waals surface area contributed by atoms with E-state index in [1.165, 1.54) is 22.1 Å². The molecule has 1 aliphatic heterocycles. The van der Waals surface area contributed by atoms with E-state index in [2.05, 4.69) is 58.6 Å². The predicted octanol–water partition coefficient (Wildman–Crippen LogP) is 4.72. The van der Waals surface area contributed by atoms with Crippen molar-refractivity contribution in [2.45, 2.75) is 46.7 Å². The largest absolute Gasteiger partial charge is 0.378 e. The van der Waals surface area contributed by atoms with E-state index in [1.54, 1.807) is 0 Å². The smallest absolute Gasteiger partial charge is 0.0902 e. The number of pyridine rings is 1. The van der Waals surface area contributed by atoms with E-state index >= 15 is 0 Å². The molecule has 1 aliphatic rings. The molecule has 0 amide bonds. The molecule has 114 valence electrons. The monoisotopic (exact) mass is 293 g/mol. The Balaban J connectivity index is 2.39. The Morgan fingerprint density at radius 2 is 2.00 bits per heavy atom. The zero-order chi connectivity index (χ0) is 16.0. The van der Waals surface area contributed by atoms with Gasteiger partial charge in [-0.25, -0.2) is 4.98 Å². The number of fused-ring (bicyclic) bond motifs is 2. The van der Waals surface area contributed by atoms with Crippen LogP contribution in [-0.4, -0.2) is 16.7 Å². The van der Waals surface area contributed by atoms with Crippen molar-refractivity contribution in [2.24, 2.45) is 4.99 Å². The number of aromatic nitrogens is 1. The van der Waals surface area contributed by atoms with E-state index in [0.717, 1.165) is 22.6 Å². The van der Waals surface area contributed by atoms with Crippen molar-refractivity contribution >= 4 is 22.3 Å². The van der Waals surface area contributed by atoms with Crippen molar-refractivity contribution in [1.29, 1.82) is 0 Å². The number of nitrogens with zero attached hydrogens (tertiary/aromatic N) is 2. The van der Waals surface area contributed by atoms with Gasteiger partial charge in [-0.1, -0.05) is 12.1 Å². The molecule has 2 atom stereocenters. The lowest BCUT2D eigenvalue weighted by Crippen LogP contribution is -2.16. The summed E-state index contributed by atoms with van der Waals surface area (Å²) in [4.78, 5) is 9.64. The van der Waals surface area contributed by atoms with Gasteiger partial charge in [0.1, 0.15) is 0 Å². The Bertz CT molecular complexity index is 802. The molecular formula is C19H23N3. The lowest BCUT2D eigenvalue weighted by Gasteiger charge is -2.20. The molecule has 0 aliphatic carbocycles. The van der Waals surface area contributed by atoms with E-state index in [9.17, 15) is 0 Å². The molecule has 1 aromatic carbocycles. The predicted molar refractivity (Wildman–Crippen MR) is 95.1 cm³/mol. The van der Waals surface area contributed by atoms with Crippen molar-refractivity contribution in [3.63, 3.8) is 0 Å². The van der Waals surface area contributed by atoms with E-state index in [1.807, 2.05) is 6.08 Å². The molecule has 22 heavy (non-hydrogen) atoms. The summed E-state index contributed by atoms with van der Waals surface area (Å²) < 4.78 is 0. The number of anilines is 1. The topological polar surface area (TPSA) is 37.3 Å². The molecular weight excluding hydrogens is 270 g/mol. The van der Waals surface area contributed by atoms with Gasteiger partial charge in [0, 0.05) is 22.7 Å². The lowest BCUT2D eigenvalue weighted by molar-refractivity contribution is 0.810. The Kier molecular flexibility index (Phi) is 3.51. The first kappa shape index (κ1) is 14.8. The molecule has 0 saturated carbocycles. The van der Waals surface area contributed by atoms with Crippen LogP contribution < -0.4 is 5.32 Å². The zero-order valence-corrected chi connectivity index (χ0v) is 14.0. The highest BCUT2D eigenvalue weighted by molar-refractivity contribution is 6.13. The zero-order valence-electron chi connectivity index (χ0n) is 14.0. The number of hydrogen-bond donors (Lipinski definition) is 1. The van der Waals surface area contributed by atoms with Gasteiger partial charge in [0.15, 0.2) is 0 Å². The molecule has 1 N–H and O–H groups in total. The summed E-state index contributed by atoms with van der Waals surface area (Å²) in [6.07, 6.45) is 1.92. The van der Waals surface area contributed by atoms with Crippen LogP contribution in [0.25, 0.3) is 10.9 Å². The fraction of sp³-hybridized carbons (Fsp3) is 0.368. The maximum atomic E-state index is 4.92. The molecule has 3 rings (SSSR count). The third-order valence-corrected chi connectivity index (χ3v) is 4.33. The van der Waals surface area contributed by atoms with Crippen molar-refractivity contribution in [3.8, 4) is 0 Å². The van der Waals surface area contributed by atoms with Gasteiger partial charge in [0.05, 0.1) is 22.9 Å². The van der Waals surface area contributed by atoms with Gasteiger partial charge in [-0.05, 0) is 51.8 Å². The first-order valence-electron chi connectivity index (χ1n) is 7.81. The minimum absolute atomic E-state index is 0.125. The Morgan fingerprint density at radius 1 is 1.27 bits per heavy atom. The van der Waals surface area contributed by atoms with Crippen molar-refractivity contribution < 1.29 is 0 Å². The van der Waals surface area contributed by atoms with Crippen LogP contribution in [0.2, 0.25) is 0 Å². The van der Waals surface area contributed by atoms with Gasteiger partial charge >= 0.3 is 0 Å². The van der Waals surface area contributed by atoms with Gasteiger partial charge < -0.3 is 5.32 Å². The fourth-order valence-electron chi connectivity index (χ4n) is 3.31. The summed E-state index contributed by atoms with van der Waals surface area (Å²) in [5.74, 6) is 0. The summed E-state index contributed by atoms with van der Waals surface area (Å²) in [5.41, 5.74) is 7.99. The van der Waals surface area contributed by atoms with E-state index < -0.39 is 0 Å². The Hall–Kier alpha value is -2.16. The highest BCUT2D eigenvalue weighted by Gasteiger charge is 2.27. The van der Waals surface area contributed by atoms with Gasteiger partial charge in [0.2, 0.25) is 0 Å². The summed E-state index contributed by atoms with van der Waals surface area (Å²) >= 11 is 0. The molecule has 2 unspecified atom stereocenters. The SMILES string of the molecule is C=CC(C)Nc1c2c(nc3cc(C)cc(C)c13)C(C)N=C2C. The van der Waals surface area contributed by atoms with Gasteiger partial charge in [-0.15, -0.1) is 6.58 Å². The summed E-state index contributed by atoms with van der Waals surface area (Å²) in [6.45, 7) is 14.5. The van der Waals surface area contributed by atoms with Crippen molar-refractivity contribution in [2.75, 3.05) is 5.32 Å². The average molecular weight is 293 g/mol. The molecule has 0 spiro atoms. The van der Waals surface area contributed by atoms with Crippen LogP contribution in [0, 0.1) is 13.8 Å². The number of rotatable bonds is 3. The summed E-state index contributed by atoms with van der Waals surface area (Å²) in [6, 6.07) is 4.69. The van der Waals surface area contributed by atoms with Crippen LogP contribution in [0.1, 0.15) is 49.2 Å². The third kappa shape index (κ3) is 2.21. The van der Waals surface area contributed by atoms with Crippen molar-refractivity contribution in [1.82, 2.24) is 4.98 Å². The second-order valence-corrected chi connectivity index (χ2v) is 6.28. The molecule has 0 radical (unpaired) electrons. The van der Waals surface area contributed by atoms with Crippen LogP contribution >= 0.6 is 0 Å². The average Bonchev–Trinajstić information content (AvgIpc) is 2.72. The van der Waals surface area contributed by atoms with Crippen molar-refractivity contribution in [3.05, 3.63) is 47.2 Å². The fourth-order valence-corrected chi connectivity index (χ4v) is 3.31. The molecule has 0 fully saturated rings. The highest BCUT2D eigenvalue weighted by Crippen LogP contribution is 2.39. The summed E-state index contributed by atoms with van der Waals surface area (Å²) in [5, 5.41) is 4.80. The van der Waals surface area contributed by atoms with Crippen LogP contribution in [-0.2, 0) is 0 Å². The molecule has 0 bridgehead atoms. The van der Waals surface area contributed by atoms with Gasteiger partial charge in [-0.2, -0.15) is 0 Å². The van der Waals surface area contributed by atoms with Gasteiger partial charge in [-0.3, -0.25) is 4.99 Å². The number of hydrogen-bond acceptors (Lipinski definition) is 3. The third-order valence-electron chi connectivity index (χ3n) is 4.33. The molecule has 3 heteroatoms. The normalized spacial score (nSPS) is 18.0. The molecule has 2 heterocycles. The standard InChI is InChI=1S/C19H23N3/c1-7-12(4)20-19-16-11(3)8-10(2)9-15(16)22-18-14(6)21-13(5)17(18)19/h7-9,12,14H,1H2,2-6H3,(H,20,22). The first-order chi connectivity index (χ1) is 10.4. The molecule has 1 aromatic heterocycles. The quantitative estimate of drug-likeness (QED) is 0.831. The first-order valence-corrected chi connectivity index (χ1v) is 7.81. The number of aliphatic imine (C=N–C) groups is 1. The number of benzene rings is 1. The maximum absolute atomic E-state index is 4.92. The number of nitrogens with one attached hydrogen (secondary N) is 1. The minimum Gasteiger partial charge on any atom is -0.378 e. The van der Waals surface area contributed by atoms with E-state index in [0.29, 0.717) is 0 Å². The Morgan fingerprint density at radius 3 is 2.68 bits per heavy atom. The summed E-state index contributed by atoms with van der Waals surface area (Å²) in [7, 11) is 0. The second-order valence-electron chi connectivity index (χ2n) is 6.28. The minimum atomic E-state index is 0.125. The molecule has 3 nitrogen and oxygen atoms in total. The molecule has 0 saturated heterocycles. The Labute approximate surface area is 132 Å². The van der Waals surface area contributed by atoms with Gasteiger partial charge in [0.25, 0.3) is 0 Å². The second kappa shape index (κ2) is 5.24. The maximum Gasteiger partial charge on any atom is 0.0902 e. The van der Waals surface area contributed by atoms with Crippen LogP contribution in [0.5, 0.6) is 0 Å². The van der Waals surface area contributed by atoms with E-state index in [-0.39, 0.29) is 12.1 Å². The molecule has 2 aromatic rings. The van der Waals surface area contributed by atoms with Crippen LogP contribution in [0.3, 0.4) is 0 Å². The lowest BCUT2D eigenvalue weighted by atomic mass is 9.97. The highest BCUT2D eigenvalue weighted by atomic mass is 15.0. The van der Waals surface area contributed by atoms with E-state index in [4.69, 9.17) is 9.98 Å². The number of aryl methyl sites for hydroxylation is 2.